The molecular weight excluding hydrogens is 296 g/mol. The Morgan fingerprint density at radius 3 is 2.91 bits per heavy atom. The molecule has 1 amide bonds. The predicted octanol–water partition coefficient (Wildman–Crippen LogP) is 3.44. The van der Waals surface area contributed by atoms with E-state index in [0.29, 0.717) is 6.42 Å². The number of nitrogens with one attached hydrogen (secondary N) is 2. The number of thiazole rings is 1. The smallest absolute Gasteiger partial charge is 0.226 e. The van der Waals surface area contributed by atoms with Crippen LogP contribution in [-0.2, 0) is 11.2 Å². The molecule has 22 heavy (non-hydrogen) atoms. The third-order valence-electron chi connectivity index (χ3n) is 3.12. The van der Waals surface area contributed by atoms with Crippen molar-refractivity contribution in [2.45, 2.75) is 39.5 Å². The first-order valence-electron chi connectivity index (χ1n) is 7.59. The minimum absolute atomic E-state index is 0.0293. The second kappa shape index (κ2) is 8.48. The maximum absolute atomic E-state index is 11.8. The van der Waals surface area contributed by atoms with E-state index >= 15 is 0 Å². The van der Waals surface area contributed by atoms with Gasteiger partial charge in [0.15, 0.2) is 5.13 Å². The molecule has 0 saturated heterocycles. The van der Waals surface area contributed by atoms with E-state index in [1.54, 1.807) is 0 Å². The van der Waals surface area contributed by atoms with Gasteiger partial charge in [-0.25, -0.2) is 9.97 Å². The Kier molecular flexibility index (Phi) is 6.33. The zero-order valence-electron chi connectivity index (χ0n) is 13.1. The van der Waals surface area contributed by atoms with Gasteiger partial charge in [-0.05, 0) is 25.5 Å². The highest BCUT2D eigenvalue weighted by atomic mass is 32.1. The van der Waals surface area contributed by atoms with Crippen LogP contribution in [0.15, 0.2) is 23.6 Å². The fourth-order valence-electron chi connectivity index (χ4n) is 2.00. The molecule has 2 N–H and O–H groups in total. The van der Waals surface area contributed by atoms with Crippen molar-refractivity contribution >= 4 is 28.2 Å². The number of hydrogen-bond acceptors (Lipinski definition) is 5. The van der Waals surface area contributed by atoms with Gasteiger partial charge in [0.2, 0.25) is 5.91 Å². The number of hydrogen-bond donors (Lipinski definition) is 2. The van der Waals surface area contributed by atoms with Crippen LogP contribution in [0.4, 0.5) is 10.9 Å². The maximum Gasteiger partial charge on any atom is 0.226 e. The summed E-state index contributed by atoms with van der Waals surface area (Å²) in [7, 11) is 0. The summed E-state index contributed by atoms with van der Waals surface area (Å²) in [6, 6.07) is 5.79. The van der Waals surface area contributed by atoms with E-state index in [1.807, 2.05) is 30.5 Å². The Morgan fingerprint density at radius 2 is 2.14 bits per heavy atom. The lowest BCUT2D eigenvalue weighted by Crippen LogP contribution is -2.26. The molecule has 0 unspecified atom stereocenters. The monoisotopic (exact) mass is 318 g/mol. The van der Waals surface area contributed by atoms with Crippen LogP contribution >= 0.6 is 11.3 Å². The summed E-state index contributed by atoms with van der Waals surface area (Å²) in [5.41, 5.74) is 1.74. The van der Waals surface area contributed by atoms with Gasteiger partial charge >= 0.3 is 0 Å². The van der Waals surface area contributed by atoms with E-state index in [4.69, 9.17) is 0 Å². The van der Waals surface area contributed by atoms with Crippen LogP contribution in [0.25, 0.3) is 0 Å². The van der Waals surface area contributed by atoms with Crippen molar-refractivity contribution in [2.75, 3.05) is 11.9 Å². The van der Waals surface area contributed by atoms with Crippen molar-refractivity contribution in [3.63, 3.8) is 0 Å². The SMILES string of the molecule is CCCCCNC(=O)Cc1csc(Nc2cccc(C)n2)n1. The van der Waals surface area contributed by atoms with Gasteiger partial charge in [0.1, 0.15) is 5.82 Å². The van der Waals surface area contributed by atoms with Crippen LogP contribution in [0.2, 0.25) is 0 Å². The van der Waals surface area contributed by atoms with Crippen molar-refractivity contribution in [1.82, 2.24) is 15.3 Å². The fourth-order valence-corrected chi connectivity index (χ4v) is 2.71. The first kappa shape index (κ1) is 16.4. The molecular formula is C16H22N4OS. The summed E-state index contributed by atoms with van der Waals surface area (Å²) in [5, 5.41) is 8.75. The molecule has 0 aliphatic carbocycles. The lowest BCUT2D eigenvalue weighted by Gasteiger charge is -2.03. The second-order valence-electron chi connectivity index (χ2n) is 5.17. The van der Waals surface area contributed by atoms with Crippen LogP contribution in [0.3, 0.4) is 0 Å². The average molecular weight is 318 g/mol. The Morgan fingerprint density at radius 1 is 1.27 bits per heavy atom. The molecule has 0 spiro atoms. The van der Waals surface area contributed by atoms with Crippen LogP contribution in [0.5, 0.6) is 0 Å². The second-order valence-corrected chi connectivity index (χ2v) is 6.03. The highest BCUT2D eigenvalue weighted by Crippen LogP contribution is 2.20. The standard InChI is InChI=1S/C16H22N4OS/c1-3-4-5-9-17-15(21)10-13-11-22-16(19-13)20-14-8-6-7-12(2)18-14/h6-8,11H,3-5,9-10H2,1-2H3,(H,17,21)(H,18,19,20). The number of aromatic nitrogens is 2. The summed E-state index contributed by atoms with van der Waals surface area (Å²) in [6.45, 7) is 4.84. The Bertz CT molecular complexity index is 612. The molecule has 5 nitrogen and oxygen atoms in total. The minimum atomic E-state index is 0.0293. The molecule has 2 heterocycles. The fraction of sp³-hybridized carbons (Fsp3) is 0.438. The van der Waals surface area contributed by atoms with Crippen LogP contribution in [0.1, 0.15) is 37.6 Å². The first-order valence-corrected chi connectivity index (χ1v) is 8.47. The molecule has 0 aliphatic rings. The van der Waals surface area contributed by atoms with Crippen molar-refractivity contribution in [3.8, 4) is 0 Å². The molecule has 0 fully saturated rings. The molecule has 0 bridgehead atoms. The summed E-state index contributed by atoms with van der Waals surface area (Å²) in [4.78, 5) is 20.6. The molecule has 118 valence electrons. The van der Waals surface area contributed by atoms with Crippen molar-refractivity contribution < 1.29 is 4.79 Å². The predicted molar refractivity (Wildman–Crippen MR) is 90.6 cm³/mol. The Hall–Kier alpha value is -1.95. The first-order chi connectivity index (χ1) is 10.7. The molecule has 2 rings (SSSR count). The number of rotatable bonds is 8. The third kappa shape index (κ3) is 5.44. The molecule has 0 aliphatic heterocycles. The van der Waals surface area contributed by atoms with E-state index in [2.05, 4.69) is 27.5 Å². The van der Waals surface area contributed by atoms with E-state index in [1.165, 1.54) is 11.3 Å². The van der Waals surface area contributed by atoms with E-state index in [-0.39, 0.29) is 5.91 Å². The topological polar surface area (TPSA) is 66.9 Å². The Balaban J connectivity index is 1.82. The van der Waals surface area contributed by atoms with Crippen LogP contribution < -0.4 is 10.6 Å². The largest absolute Gasteiger partial charge is 0.356 e. The number of anilines is 2. The van der Waals surface area contributed by atoms with Gasteiger partial charge in [0.05, 0.1) is 12.1 Å². The van der Waals surface area contributed by atoms with Gasteiger partial charge in [0, 0.05) is 17.6 Å². The molecule has 6 heteroatoms. The van der Waals surface area contributed by atoms with Crippen LogP contribution in [-0.4, -0.2) is 22.4 Å². The summed E-state index contributed by atoms with van der Waals surface area (Å²) in [6.07, 6.45) is 3.66. The van der Waals surface area contributed by atoms with Gasteiger partial charge in [-0.2, -0.15) is 0 Å². The number of amides is 1. The molecule has 2 aromatic rings. The van der Waals surface area contributed by atoms with Gasteiger partial charge in [-0.1, -0.05) is 25.8 Å². The molecule has 2 aromatic heterocycles. The highest BCUT2D eigenvalue weighted by Gasteiger charge is 2.08. The number of pyridine rings is 1. The van der Waals surface area contributed by atoms with E-state index in [9.17, 15) is 4.79 Å². The number of unbranched alkanes of at least 4 members (excludes halogenated alkanes) is 2. The van der Waals surface area contributed by atoms with Gasteiger partial charge in [-0.15, -0.1) is 11.3 Å². The van der Waals surface area contributed by atoms with Crippen molar-refractivity contribution in [1.29, 1.82) is 0 Å². The number of carbonyl (C=O) groups excluding carboxylic acids is 1. The average Bonchev–Trinajstić information content (AvgIpc) is 2.91. The highest BCUT2D eigenvalue weighted by molar-refractivity contribution is 7.13. The number of nitrogens with zero attached hydrogens (tertiary/aromatic N) is 2. The third-order valence-corrected chi connectivity index (χ3v) is 3.93. The summed E-state index contributed by atoms with van der Waals surface area (Å²) in [5.74, 6) is 0.798. The molecule has 0 radical (unpaired) electrons. The molecule has 0 saturated carbocycles. The Labute approximate surface area is 135 Å². The van der Waals surface area contributed by atoms with Crippen molar-refractivity contribution in [2.24, 2.45) is 0 Å². The zero-order valence-corrected chi connectivity index (χ0v) is 13.9. The van der Waals surface area contributed by atoms with Gasteiger partial charge < -0.3 is 10.6 Å². The van der Waals surface area contributed by atoms with E-state index in [0.717, 1.165) is 48.1 Å². The van der Waals surface area contributed by atoms with E-state index < -0.39 is 0 Å². The number of aryl methyl sites for hydroxylation is 1. The quantitative estimate of drug-likeness (QED) is 0.732. The summed E-state index contributed by atoms with van der Waals surface area (Å²) >= 11 is 1.48. The number of carbonyl (C=O) groups is 1. The van der Waals surface area contributed by atoms with Gasteiger partial charge in [0.25, 0.3) is 0 Å². The maximum atomic E-state index is 11.8. The lowest BCUT2D eigenvalue weighted by molar-refractivity contribution is -0.120. The van der Waals surface area contributed by atoms with Crippen molar-refractivity contribution in [3.05, 3.63) is 35.0 Å². The summed E-state index contributed by atoms with van der Waals surface area (Å²) < 4.78 is 0. The zero-order chi connectivity index (χ0) is 15.8. The minimum Gasteiger partial charge on any atom is -0.356 e. The van der Waals surface area contributed by atoms with Crippen LogP contribution in [0, 0.1) is 6.92 Å². The lowest BCUT2D eigenvalue weighted by atomic mass is 10.2. The molecule has 0 aromatic carbocycles. The van der Waals surface area contributed by atoms with Gasteiger partial charge in [-0.3, -0.25) is 4.79 Å². The normalized spacial score (nSPS) is 10.5. The molecule has 0 atom stereocenters.